The molecule has 12 heavy (non-hydrogen) atoms. The fourth-order valence-corrected chi connectivity index (χ4v) is 1.31. The maximum atomic E-state index is 11.8. The number of alkyl halides is 1. The SMILES string of the molecule is OC(CF)CSc1cnccn1. The molecule has 1 aromatic heterocycles. The van der Waals surface area contributed by atoms with E-state index in [-0.39, 0.29) is 0 Å². The Morgan fingerprint density at radius 2 is 2.42 bits per heavy atom. The number of halogens is 1. The molecule has 1 rings (SSSR count). The average molecular weight is 188 g/mol. The molecule has 3 nitrogen and oxygen atoms in total. The molecule has 1 aromatic rings. The van der Waals surface area contributed by atoms with Crippen molar-refractivity contribution >= 4 is 11.8 Å². The van der Waals surface area contributed by atoms with Gasteiger partial charge >= 0.3 is 0 Å². The van der Waals surface area contributed by atoms with Crippen molar-refractivity contribution < 1.29 is 9.50 Å². The Labute approximate surface area is 74.0 Å². The van der Waals surface area contributed by atoms with Gasteiger partial charge in [0.2, 0.25) is 0 Å². The van der Waals surface area contributed by atoms with Gasteiger partial charge in [0.25, 0.3) is 0 Å². The van der Waals surface area contributed by atoms with E-state index in [9.17, 15) is 4.39 Å². The summed E-state index contributed by atoms with van der Waals surface area (Å²) in [6, 6.07) is 0. The number of nitrogens with zero attached hydrogens (tertiary/aromatic N) is 2. The van der Waals surface area contributed by atoms with Gasteiger partial charge in [-0.15, -0.1) is 11.8 Å². The van der Waals surface area contributed by atoms with Gasteiger partial charge in [-0.2, -0.15) is 0 Å². The largest absolute Gasteiger partial charge is 0.390 e. The Bertz CT molecular complexity index is 222. The van der Waals surface area contributed by atoms with Crippen LogP contribution >= 0.6 is 11.8 Å². The van der Waals surface area contributed by atoms with Crippen LogP contribution in [0.2, 0.25) is 0 Å². The first-order valence-corrected chi connectivity index (χ1v) is 4.44. The predicted molar refractivity (Wildman–Crippen MR) is 44.7 cm³/mol. The van der Waals surface area contributed by atoms with Crippen LogP contribution in [0.5, 0.6) is 0 Å². The van der Waals surface area contributed by atoms with Gasteiger partial charge in [0.1, 0.15) is 11.7 Å². The molecule has 5 heteroatoms. The van der Waals surface area contributed by atoms with E-state index < -0.39 is 12.8 Å². The van der Waals surface area contributed by atoms with E-state index >= 15 is 0 Å². The normalized spacial score (nSPS) is 12.8. The van der Waals surface area contributed by atoms with E-state index in [0.29, 0.717) is 10.8 Å². The lowest BCUT2D eigenvalue weighted by Gasteiger charge is -2.03. The third-order valence-electron chi connectivity index (χ3n) is 1.14. The monoisotopic (exact) mass is 188 g/mol. The van der Waals surface area contributed by atoms with Gasteiger partial charge < -0.3 is 5.11 Å². The number of aromatic nitrogens is 2. The molecular weight excluding hydrogens is 179 g/mol. The molecule has 0 aliphatic rings. The molecule has 0 amide bonds. The lowest BCUT2D eigenvalue weighted by molar-refractivity contribution is 0.162. The zero-order valence-electron chi connectivity index (χ0n) is 6.35. The molecular formula is C7H9FN2OS. The Kier molecular flexibility index (Phi) is 3.96. The number of aliphatic hydroxyl groups is 1. The van der Waals surface area contributed by atoms with Gasteiger partial charge in [0, 0.05) is 18.1 Å². The third-order valence-corrected chi connectivity index (χ3v) is 2.20. The van der Waals surface area contributed by atoms with Crippen LogP contribution in [0.1, 0.15) is 0 Å². The first-order valence-electron chi connectivity index (χ1n) is 3.45. The van der Waals surface area contributed by atoms with E-state index in [4.69, 9.17) is 5.11 Å². The highest BCUT2D eigenvalue weighted by atomic mass is 32.2. The highest BCUT2D eigenvalue weighted by Gasteiger charge is 2.03. The number of hydrogen-bond acceptors (Lipinski definition) is 4. The second kappa shape index (κ2) is 5.05. The van der Waals surface area contributed by atoms with E-state index in [0.717, 1.165) is 0 Å². The summed E-state index contributed by atoms with van der Waals surface area (Å²) in [5.41, 5.74) is 0. The predicted octanol–water partition coefficient (Wildman–Crippen LogP) is 0.899. The summed E-state index contributed by atoms with van der Waals surface area (Å²) in [5.74, 6) is 0.315. The van der Waals surface area contributed by atoms with Crippen LogP contribution < -0.4 is 0 Å². The molecule has 66 valence electrons. The molecule has 1 N–H and O–H groups in total. The van der Waals surface area contributed by atoms with E-state index in [2.05, 4.69) is 9.97 Å². The van der Waals surface area contributed by atoms with Crippen molar-refractivity contribution in [3.05, 3.63) is 18.6 Å². The van der Waals surface area contributed by atoms with E-state index in [1.54, 1.807) is 18.6 Å². The molecule has 1 atom stereocenters. The van der Waals surface area contributed by atoms with Crippen molar-refractivity contribution in [1.29, 1.82) is 0 Å². The Morgan fingerprint density at radius 1 is 1.58 bits per heavy atom. The number of aliphatic hydroxyl groups excluding tert-OH is 1. The highest BCUT2D eigenvalue weighted by Crippen LogP contribution is 2.13. The molecule has 1 unspecified atom stereocenters. The van der Waals surface area contributed by atoms with Gasteiger partial charge in [-0.3, -0.25) is 4.98 Å². The van der Waals surface area contributed by atoms with Crippen molar-refractivity contribution in [2.45, 2.75) is 11.1 Å². The standard InChI is InChI=1S/C7H9FN2OS/c8-3-6(11)5-12-7-4-9-1-2-10-7/h1-2,4,6,11H,3,5H2. The van der Waals surface area contributed by atoms with Crippen LogP contribution in [0.25, 0.3) is 0 Å². The van der Waals surface area contributed by atoms with Crippen molar-refractivity contribution in [1.82, 2.24) is 9.97 Å². The lowest BCUT2D eigenvalue weighted by atomic mass is 10.5. The molecule has 0 bridgehead atoms. The minimum Gasteiger partial charge on any atom is -0.390 e. The number of thioether (sulfide) groups is 1. The smallest absolute Gasteiger partial charge is 0.116 e. The highest BCUT2D eigenvalue weighted by molar-refractivity contribution is 7.99. The lowest BCUT2D eigenvalue weighted by Crippen LogP contribution is -2.11. The van der Waals surface area contributed by atoms with Gasteiger partial charge in [-0.05, 0) is 0 Å². The fourth-order valence-electron chi connectivity index (χ4n) is 0.586. The molecule has 0 aromatic carbocycles. The zero-order valence-corrected chi connectivity index (χ0v) is 7.17. The van der Waals surface area contributed by atoms with Crippen molar-refractivity contribution in [3.8, 4) is 0 Å². The second-order valence-electron chi connectivity index (χ2n) is 2.16. The molecule has 0 saturated heterocycles. The van der Waals surface area contributed by atoms with Crippen molar-refractivity contribution in [2.24, 2.45) is 0 Å². The molecule has 1 heterocycles. The van der Waals surface area contributed by atoms with Crippen LogP contribution in [0.15, 0.2) is 23.6 Å². The summed E-state index contributed by atoms with van der Waals surface area (Å²) >= 11 is 1.29. The van der Waals surface area contributed by atoms with Crippen LogP contribution in [0, 0.1) is 0 Å². The fraction of sp³-hybridized carbons (Fsp3) is 0.429. The molecule has 0 aliphatic heterocycles. The number of hydrogen-bond donors (Lipinski definition) is 1. The van der Waals surface area contributed by atoms with Gasteiger partial charge in [-0.25, -0.2) is 9.37 Å². The number of rotatable bonds is 4. The van der Waals surface area contributed by atoms with Crippen molar-refractivity contribution in [3.63, 3.8) is 0 Å². The third kappa shape index (κ3) is 3.15. The molecule has 0 saturated carbocycles. The summed E-state index contributed by atoms with van der Waals surface area (Å²) in [7, 11) is 0. The van der Waals surface area contributed by atoms with Crippen LogP contribution in [-0.4, -0.2) is 33.6 Å². The second-order valence-corrected chi connectivity index (χ2v) is 3.20. The summed E-state index contributed by atoms with van der Waals surface area (Å²) in [6.45, 7) is -0.715. The average Bonchev–Trinajstić information content (AvgIpc) is 2.16. The molecule has 0 spiro atoms. The summed E-state index contributed by atoms with van der Waals surface area (Å²) < 4.78 is 11.8. The first-order chi connectivity index (χ1) is 5.83. The maximum Gasteiger partial charge on any atom is 0.116 e. The van der Waals surface area contributed by atoms with E-state index in [1.165, 1.54) is 11.8 Å². The van der Waals surface area contributed by atoms with Crippen LogP contribution in [0.4, 0.5) is 4.39 Å². The van der Waals surface area contributed by atoms with Crippen molar-refractivity contribution in [2.75, 3.05) is 12.4 Å². The quantitative estimate of drug-likeness (QED) is 0.713. The Balaban J connectivity index is 2.33. The van der Waals surface area contributed by atoms with Gasteiger partial charge in [-0.1, -0.05) is 0 Å². The minimum atomic E-state index is -0.906. The van der Waals surface area contributed by atoms with Gasteiger partial charge in [0.15, 0.2) is 0 Å². The molecule has 0 fully saturated rings. The first kappa shape index (κ1) is 9.41. The Hall–Kier alpha value is -0.680. The topological polar surface area (TPSA) is 46.0 Å². The summed E-state index contributed by atoms with van der Waals surface area (Å²) in [4.78, 5) is 7.78. The summed E-state index contributed by atoms with van der Waals surface area (Å²) in [5, 5.41) is 9.57. The van der Waals surface area contributed by atoms with Gasteiger partial charge in [0.05, 0.1) is 12.3 Å². The Morgan fingerprint density at radius 3 is 3.00 bits per heavy atom. The van der Waals surface area contributed by atoms with E-state index in [1.807, 2.05) is 0 Å². The summed E-state index contributed by atoms with van der Waals surface area (Å²) in [6.07, 6.45) is 3.80. The van der Waals surface area contributed by atoms with Crippen LogP contribution in [-0.2, 0) is 0 Å². The van der Waals surface area contributed by atoms with Crippen LogP contribution in [0.3, 0.4) is 0 Å². The zero-order chi connectivity index (χ0) is 8.81. The molecule has 0 aliphatic carbocycles. The maximum absolute atomic E-state index is 11.8. The molecule has 0 radical (unpaired) electrons. The minimum absolute atomic E-state index is 0.315.